The van der Waals surface area contributed by atoms with Crippen LogP contribution in [0.15, 0.2) is 22.7 Å². The Morgan fingerprint density at radius 2 is 2.12 bits per heavy atom. The number of benzene rings is 1. The van der Waals surface area contributed by atoms with Gasteiger partial charge in [0.1, 0.15) is 0 Å². The van der Waals surface area contributed by atoms with Crippen molar-refractivity contribution in [2.45, 2.75) is 6.92 Å². The van der Waals surface area contributed by atoms with E-state index in [1.807, 2.05) is 6.92 Å². The van der Waals surface area contributed by atoms with Gasteiger partial charge in [-0.3, -0.25) is 4.79 Å². The number of nitrogens with one attached hydrogen (secondary N) is 2. The summed E-state index contributed by atoms with van der Waals surface area (Å²) in [6, 6.07) is 5.21. The van der Waals surface area contributed by atoms with E-state index in [-0.39, 0.29) is 18.3 Å². The first-order valence-corrected chi connectivity index (χ1v) is 6.26. The van der Waals surface area contributed by atoms with Crippen molar-refractivity contribution in [2.24, 2.45) is 0 Å². The zero-order valence-corrected chi connectivity index (χ0v) is 12.6. The summed E-state index contributed by atoms with van der Waals surface area (Å²) in [5.41, 5.74) is 0.501. The Kier molecular flexibility index (Phi) is 8.60. The molecule has 1 aromatic rings. The summed E-state index contributed by atoms with van der Waals surface area (Å²) in [4.78, 5) is 11.7. The molecule has 0 atom stereocenters. The Bertz CT molecular complexity index is 374. The molecule has 0 aliphatic carbocycles. The number of halogens is 3. The SMILES string of the molecule is CCNCCNC(=O)c1ccc(Br)cc1Cl.Cl. The van der Waals surface area contributed by atoms with E-state index < -0.39 is 0 Å². The Balaban J connectivity index is 0.00000256. The summed E-state index contributed by atoms with van der Waals surface area (Å²) in [5, 5.41) is 6.37. The van der Waals surface area contributed by atoms with Crippen molar-refractivity contribution in [1.29, 1.82) is 0 Å². The molecule has 0 aromatic heterocycles. The van der Waals surface area contributed by atoms with Crippen LogP contribution in [-0.4, -0.2) is 25.5 Å². The number of carbonyl (C=O) groups excluding carboxylic acids is 1. The third-order valence-electron chi connectivity index (χ3n) is 2.01. The lowest BCUT2D eigenvalue weighted by Crippen LogP contribution is -2.31. The third-order valence-corrected chi connectivity index (χ3v) is 2.82. The highest BCUT2D eigenvalue weighted by atomic mass is 79.9. The highest BCUT2D eigenvalue weighted by molar-refractivity contribution is 9.10. The summed E-state index contributed by atoms with van der Waals surface area (Å²) >= 11 is 9.25. The van der Waals surface area contributed by atoms with Crippen LogP contribution in [0.25, 0.3) is 0 Å². The summed E-state index contributed by atoms with van der Waals surface area (Å²) < 4.78 is 0.863. The van der Waals surface area contributed by atoms with E-state index >= 15 is 0 Å². The number of carbonyl (C=O) groups is 1. The van der Waals surface area contributed by atoms with Gasteiger partial charge in [0.2, 0.25) is 0 Å². The number of hydrogen-bond acceptors (Lipinski definition) is 2. The normalized spacial score (nSPS) is 9.59. The second-order valence-electron chi connectivity index (χ2n) is 3.23. The molecule has 1 amide bonds. The van der Waals surface area contributed by atoms with Gasteiger partial charge in [-0.25, -0.2) is 0 Å². The first-order valence-electron chi connectivity index (χ1n) is 5.09. The van der Waals surface area contributed by atoms with Gasteiger partial charge in [0, 0.05) is 17.6 Å². The van der Waals surface area contributed by atoms with Gasteiger partial charge >= 0.3 is 0 Å². The number of likely N-dealkylation sites (N-methyl/N-ethyl adjacent to an activating group) is 1. The fourth-order valence-corrected chi connectivity index (χ4v) is 1.97. The second kappa shape index (κ2) is 8.75. The first-order chi connectivity index (χ1) is 7.65. The van der Waals surface area contributed by atoms with E-state index in [9.17, 15) is 4.79 Å². The maximum Gasteiger partial charge on any atom is 0.252 e. The molecular weight excluding hydrogens is 327 g/mol. The lowest BCUT2D eigenvalue weighted by Gasteiger charge is -2.07. The Hall–Kier alpha value is -0.290. The zero-order chi connectivity index (χ0) is 12.0. The summed E-state index contributed by atoms with van der Waals surface area (Å²) in [6.07, 6.45) is 0. The predicted octanol–water partition coefficient (Wildman–Crippen LogP) is 2.86. The Labute approximate surface area is 121 Å². The predicted molar refractivity (Wildman–Crippen MR) is 77.3 cm³/mol. The van der Waals surface area contributed by atoms with Gasteiger partial charge in [-0.2, -0.15) is 0 Å². The maximum atomic E-state index is 11.7. The van der Waals surface area contributed by atoms with Gasteiger partial charge in [-0.1, -0.05) is 34.5 Å². The van der Waals surface area contributed by atoms with E-state index in [2.05, 4.69) is 26.6 Å². The molecule has 3 nitrogen and oxygen atoms in total. The van der Waals surface area contributed by atoms with Crippen LogP contribution in [0, 0.1) is 0 Å². The molecule has 0 heterocycles. The monoisotopic (exact) mass is 340 g/mol. The zero-order valence-electron chi connectivity index (χ0n) is 9.43. The lowest BCUT2D eigenvalue weighted by molar-refractivity contribution is 0.0954. The molecule has 0 aliphatic heterocycles. The highest BCUT2D eigenvalue weighted by Crippen LogP contribution is 2.21. The van der Waals surface area contributed by atoms with Crippen LogP contribution in [0.1, 0.15) is 17.3 Å². The molecule has 0 spiro atoms. The van der Waals surface area contributed by atoms with Crippen molar-refractivity contribution < 1.29 is 4.79 Å². The summed E-state index contributed by atoms with van der Waals surface area (Å²) in [5.74, 6) is -0.143. The lowest BCUT2D eigenvalue weighted by atomic mass is 10.2. The van der Waals surface area contributed by atoms with Gasteiger partial charge in [0.15, 0.2) is 0 Å². The fourth-order valence-electron chi connectivity index (χ4n) is 1.21. The molecule has 1 aromatic carbocycles. The maximum absolute atomic E-state index is 11.7. The average Bonchev–Trinajstić information content (AvgIpc) is 2.24. The van der Waals surface area contributed by atoms with Crippen molar-refractivity contribution in [2.75, 3.05) is 19.6 Å². The van der Waals surface area contributed by atoms with Gasteiger partial charge in [-0.15, -0.1) is 12.4 Å². The van der Waals surface area contributed by atoms with Crippen LogP contribution in [-0.2, 0) is 0 Å². The summed E-state index contributed by atoms with van der Waals surface area (Å²) in [7, 11) is 0. The average molecular weight is 342 g/mol. The van der Waals surface area contributed by atoms with Crippen LogP contribution in [0.3, 0.4) is 0 Å². The number of rotatable bonds is 5. The third kappa shape index (κ3) is 5.73. The molecule has 0 bridgehead atoms. The number of hydrogen-bond donors (Lipinski definition) is 2. The van der Waals surface area contributed by atoms with Gasteiger partial charge in [0.25, 0.3) is 5.91 Å². The van der Waals surface area contributed by atoms with Crippen LogP contribution in [0.2, 0.25) is 5.02 Å². The van der Waals surface area contributed by atoms with E-state index in [4.69, 9.17) is 11.6 Å². The Morgan fingerprint density at radius 3 is 2.71 bits per heavy atom. The second-order valence-corrected chi connectivity index (χ2v) is 4.56. The molecule has 0 saturated heterocycles. The van der Waals surface area contributed by atoms with Gasteiger partial charge in [-0.05, 0) is 24.7 Å². The number of amides is 1. The molecule has 2 N–H and O–H groups in total. The Morgan fingerprint density at radius 1 is 1.41 bits per heavy atom. The van der Waals surface area contributed by atoms with Crippen molar-refractivity contribution in [1.82, 2.24) is 10.6 Å². The topological polar surface area (TPSA) is 41.1 Å². The minimum atomic E-state index is -0.143. The molecule has 1 rings (SSSR count). The smallest absolute Gasteiger partial charge is 0.252 e. The largest absolute Gasteiger partial charge is 0.351 e. The quantitative estimate of drug-likeness (QED) is 0.808. The molecule has 0 saturated carbocycles. The van der Waals surface area contributed by atoms with E-state index in [0.717, 1.165) is 17.6 Å². The molecule has 0 aliphatic rings. The van der Waals surface area contributed by atoms with Crippen molar-refractivity contribution in [3.8, 4) is 0 Å². The summed E-state index contributed by atoms with van der Waals surface area (Å²) in [6.45, 7) is 4.28. The van der Waals surface area contributed by atoms with E-state index in [1.165, 1.54) is 0 Å². The fraction of sp³-hybridized carbons (Fsp3) is 0.364. The van der Waals surface area contributed by atoms with Gasteiger partial charge < -0.3 is 10.6 Å². The van der Waals surface area contributed by atoms with E-state index in [1.54, 1.807) is 18.2 Å². The molecule has 0 unspecified atom stereocenters. The molecule has 0 fully saturated rings. The van der Waals surface area contributed by atoms with E-state index in [0.29, 0.717) is 17.1 Å². The van der Waals surface area contributed by atoms with Crippen LogP contribution in [0.5, 0.6) is 0 Å². The highest BCUT2D eigenvalue weighted by Gasteiger charge is 2.09. The molecular formula is C11H15BrCl2N2O. The van der Waals surface area contributed by atoms with Crippen LogP contribution >= 0.6 is 39.9 Å². The van der Waals surface area contributed by atoms with Crippen LogP contribution < -0.4 is 10.6 Å². The molecule has 17 heavy (non-hydrogen) atoms. The van der Waals surface area contributed by atoms with Crippen molar-refractivity contribution in [3.63, 3.8) is 0 Å². The van der Waals surface area contributed by atoms with Crippen molar-refractivity contribution >= 4 is 45.8 Å². The minimum Gasteiger partial charge on any atom is -0.351 e. The van der Waals surface area contributed by atoms with Crippen molar-refractivity contribution in [3.05, 3.63) is 33.3 Å². The molecule has 96 valence electrons. The standard InChI is InChI=1S/C11H14BrClN2O.ClH/c1-2-14-5-6-15-11(16)9-4-3-8(12)7-10(9)13;/h3-4,7,14H,2,5-6H2,1H3,(H,15,16);1H. The molecule has 0 radical (unpaired) electrons. The van der Waals surface area contributed by atoms with Crippen LogP contribution in [0.4, 0.5) is 0 Å². The molecule has 6 heteroatoms. The van der Waals surface area contributed by atoms with Gasteiger partial charge in [0.05, 0.1) is 10.6 Å². The minimum absolute atomic E-state index is 0. The first kappa shape index (κ1) is 16.7.